The molecule has 90 valence electrons. The average Bonchev–Trinajstić information content (AvgIpc) is 2.17. The average molecular weight is 220 g/mol. The molecular formula is C15H24O. The molecule has 0 heterocycles. The normalized spacial score (nSPS) is 15.1. The van der Waals surface area contributed by atoms with E-state index in [9.17, 15) is 5.11 Å². The number of rotatable bonds is 6. The van der Waals surface area contributed by atoms with Crippen molar-refractivity contribution >= 4 is 0 Å². The molecule has 16 heavy (non-hydrogen) atoms. The second-order valence-corrected chi connectivity index (χ2v) is 5.45. The summed E-state index contributed by atoms with van der Waals surface area (Å²) in [6.07, 6.45) is 3.95. The van der Waals surface area contributed by atoms with Gasteiger partial charge in [-0.25, -0.2) is 0 Å². The topological polar surface area (TPSA) is 20.2 Å². The van der Waals surface area contributed by atoms with Gasteiger partial charge in [0, 0.05) is 6.42 Å². The summed E-state index contributed by atoms with van der Waals surface area (Å²) in [6, 6.07) is 10.2. The minimum atomic E-state index is -0.559. The van der Waals surface area contributed by atoms with Crippen molar-refractivity contribution in [1.29, 1.82) is 0 Å². The van der Waals surface area contributed by atoms with Crippen LogP contribution < -0.4 is 0 Å². The zero-order chi connectivity index (χ0) is 12.0. The van der Waals surface area contributed by atoms with Gasteiger partial charge in [0.15, 0.2) is 0 Å². The van der Waals surface area contributed by atoms with Gasteiger partial charge in [0.05, 0.1) is 5.60 Å². The van der Waals surface area contributed by atoms with Gasteiger partial charge in [-0.1, -0.05) is 57.0 Å². The Labute approximate surface area is 99.5 Å². The fraction of sp³-hybridized carbons (Fsp3) is 0.600. The molecule has 1 unspecified atom stereocenters. The highest BCUT2D eigenvalue weighted by atomic mass is 16.3. The first-order chi connectivity index (χ1) is 7.49. The van der Waals surface area contributed by atoms with Crippen LogP contribution in [0.4, 0.5) is 0 Å². The van der Waals surface area contributed by atoms with Crippen LogP contribution in [0.2, 0.25) is 0 Å². The van der Waals surface area contributed by atoms with Crippen molar-refractivity contribution in [3.8, 4) is 0 Å². The molecule has 1 heteroatoms. The molecule has 1 aromatic carbocycles. The molecule has 0 bridgehead atoms. The second kappa shape index (κ2) is 6.05. The Balaban J connectivity index is 2.39. The largest absolute Gasteiger partial charge is 0.390 e. The maximum Gasteiger partial charge on any atom is 0.0660 e. The molecule has 1 aromatic rings. The van der Waals surface area contributed by atoms with E-state index in [1.165, 1.54) is 12.0 Å². The van der Waals surface area contributed by atoms with Gasteiger partial charge in [-0.3, -0.25) is 0 Å². The lowest BCUT2D eigenvalue weighted by Crippen LogP contribution is -2.27. The predicted octanol–water partition coefficient (Wildman–Crippen LogP) is 3.81. The molecule has 0 aliphatic rings. The monoisotopic (exact) mass is 220 g/mol. The second-order valence-electron chi connectivity index (χ2n) is 5.45. The Bertz CT molecular complexity index is 288. The zero-order valence-corrected chi connectivity index (χ0v) is 10.7. The van der Waals surface area contributed by atoms with Crippen LogP contribution in [0.15, 0.2) is 30.3 Å². The lowest BCUT2D eigenvalue weighted by Gasteiger charge is -2.23. The van der Waals surface area contributed by atoms with E-state index >= 15 is 0 Å². The zero-order valence-electron chi connectivity index (χ0n) is 10.7. The van der Waals surface area contributed by atoms with Crippen LogP contribution >= 0.6 is 0 Å². The third-order valence-corrected chi connectivity index (χ3v) is 2.92. The molecule has 0 saturated heterocycles. The quantitative estimate of drug-likeness (QED) is 0.773. The molecular weight excluding hydrogens is 196 g/mol. The summed E-state index contributed by atoms with van der Waals surface area (Å²) in [5.41, 5.74) is 0.660. The lowest BCUT2D eigenvalue weighted by molar-refractivity contribution is 0.0478. The van der Waals surface area contributed by atoms with E-state index in [1.807, 2.05) is 25.1 Å². The van der Waals surface area contributed by atoms with E-state index in [0.717, 1.165) is 25.2 Å². The highest BCUT2D eigenvalue weighted by Gasteiger charge is 2.20. The first-order valence-electron chi connectivity index (χ1n) is 6.26. The predicted molar refractivity (Wildman–Crippen MR) is 69.5 cm³/mol. The van der Waals surface area contributed by atoms with Crippen LogP contribution in [-0.2, 0) is 6.42 Å². The summed E-state index contributed by atoms with van der Waals surface area (Å²) < 4.78 is 0. The summed E-state index contributed by atoms with van der Waals surface area (Å²) >= 11 is 0. The van der Waals surface area contributed by atoms with Crippen LogP contribution in [0.5, 0.6) is 0 Å². The van der Waals surface area contributed by atoms with E-state index in [0.29, 0.717) is 0 Å². The van der Waals surface area contributed by atoms with E-state index < -0.39 is 5.60 Å². The summed E-state index contributed by atoms with van der Waals surface area (Å²) in [6.45, 7) is 6.40. The van der Waals surface area contributed by atoms with Gasteiger partial charge in [0.2, 0.25) is 0 Å². The molecule has 1 rings (SSSR count). The summed E-state index contributed by atoms with van der Waals surface area (Å²) in [5.74, 6) is 0.729. The molecule has 0 aliphatic heterocycles. The minimum Gasteiger partial charge on any atom is -0.390 e. The van der Waals surface area contributed by atoms with Crippen LogP contribution in [0, 0.1) is 5.92 Å². The molecule has 0 radical (unpaired) electrons. The standard InChI is InChI=1S/C15H24O/c1-13(2)8-7-11-15(3,16)12-14-9-5-4-6-10-14/h4-6,9-10,13,16H,7-8,11-12H2,1-3H3. The van der Waals surface area contributed by atoms with Crippen molar-refractivity contribution in [3.05, 3.63) is 35.9 Å². The third kappa shape index (κ3) is 5.32. The van der Waals surface area contributed by atoms with E-state index in [1.54, 1.807) is 0 Å². The van der Waals surface area contributed by atoms with Crippen molar-refractivity contribution < 1.29 is 5.11 Å². The Kier molecular flexibility index (Phi) is 5.01. The van der Waals surface area contributed by atoms with Gasteiger partial charge in [0.25, 0.3) is 0 Å². The fourth-order valence-corrected chi connectivity index (χ4v) is 2.02. The molecule has 1 nitrogen and oxygen atoms in total. The van der Waals surface area contributed by atoms with Crippen LogP contribution in [-0.4, -0.2) is 10.7 Å². The fourth-order valence-electron chi connectivity index (χ4n) is 2.02. The minimum absolute atomic E-state index is 0.559. The summed E-state index contributed by atoms with van der Waals surface area (Å²) in [7, 11) is 0. The number of aliphatic hydroxyl groups is 1. The highest BCUT2D eigenvalue weighted by Crippen LogP contribution is 2.20. The van der Waals surface area contributed by atoms with Crippen molar-refractivity contribution in [3.63, 3.8) is 0 Å². The summed E-state index contributed by atoms with van der Waals surface area (Å²) in [5, 5.41) is 10.3. The third-order valence-electron chi connectivity index (χ3n) is 2.92. The van der Waals surface area contributed by atoms with Gasteiger partial charge in [-0.2, -0.15) is 0 Å². The number of hydrogen-bond acceptors (Lipinski definition) is 1. The molecule has 0 aromatic heterocycles. The molecule has 1 N–H and O–H groups in total. The Hall–Kier alpha value is -0.820. The first kappa shape index (κ1) is 13.2. The molecule has 0 spiro atoms. The first-order valence-corrected chi connectivity index (χ1v) is 6.26. The van der Waals surface area contributed by atoms with E-state index in [2.05, 4.69) is 26.0 Å². The lowest BCUT2D eigenvalue weighted by atomic mass is 9.90. The maximum absolute atomic E-state index is 10.3. The van der Waals surface area contributed by atoms with Crippen molar-refractivity contribution in [2.75, 3.05) is 0 Å². The van der Waals surface area contributed by atoms with Gasteiger partial charge < -0.3 is 5.11 Å². The van der Waals surface area contributed by atoms with E-state index in [4.69, 9.17) is 0 Å². The van der Waals surface area contributed by atoms with Gasteiger partial charge in [-0.05, 0) is 24.8 Å². The van der Waals surface area contributed by atoms with Gasteiger partial charge in [-0.15, -0.1) is 0 Å². The number of benzene rings is 1. The molecule has 1 atom stereocenters. The van der Waals surface area contributed by atoms with Crippen molar-refractivity contribution in [2.24, 2.45) is 5.92 Å². The Morgan fingerprint density at radius 2 is 1.81 bits per heavy atom. The smallest absolute Gasteiger partial charge is 0.0660 e. The summed E-state index contributed by atoms with van der Waals surface area (Å²) in [4.78, 5) is 0. The van der Waals surface area contributed by atoms with Crippen LogP contribution in [0.3, 0.4) is 0 Å². The van der Waals surface area contributed by atoms with Gasteiger partial charge >= 0.3 is 0 Å². The van der Waals surface area contributed by atoms with E-state index in [-0.39, 0.29) is 0 Å². The van der Waals surface area contributed by atoms with Crippen molar-refractivity contribution in [2.45, 2.75) is 52.1 Å². The van der Waals surface area contributed by atoms with Gasteiger partial charge in [0.1, 0.15) is 0 Å². The Morgan fingerprint density at radius 3 is 2.38 bits per heavy atom. The number of hydrogen-bond donors (Lipinski definition) is 1. The Morgan fingerprint density at radius 1 is 1.19 bits per heavy atom. The SMILES string of the molecule is CC(C)CCCC(C)(O)Cc1ccccc1. The van der Waals surface area contributed by atoms with Crippen molar-refractivity contribution in [1.82, 2.24) is 0 Å². The van der Waals surface area contributed by atoms with Crippen LogP contribution in [0.1, 0.15) is 45.6 Å². The molecule has 0 fully saturated rings. The highest BCUT2D eigenvalue weighted by molar-refractivity contribution is 5.16. The molecule has 0 aliphatic carbocycles. The molecule has 0 amide bonds. The van der Waals surface area contributed by atoms with Crippen LogP contribution in [0.25, 0.3) is 0 Å². The maximum atomic E-state index is 10.3. The molecule has 0 saturated carbocycles.